The summed E-state index contributed by atoms with van der Waals surface area (Å²) in [6.45, 7) is 2.10. The van der Waals surface area contributed by atoms with E-state index >= 15 is 0 Å². The van der Waals surface area contributed by atoms with Crippen LogP contribution in [0.1, 0.15) is 31.4 Å². The fourth-order valence-electron chi connectivity index (χ4n) is 1.88. The number of nitrogens with zero attached hydrogens (tertiary/aromatic N) is 2. The molecule has 78 valence electrons. The van der Waals surface area contributed by atoms with Crippen LogP contribution in [0.3, 0.4) is 0 Å². The van der Waals surface area contributed by atoms with Gasteiger partial charge in [-0.05, 0) is 24.9 Å². The minimum atomic E-state index is 0.948. The van der Waals surface area contributed by atoms with Crippen LogP contribution >= 0.6 is 0 Å². The number of aryl methyl sites for hydroxylation is 1. The van der Waals surface area contributed by atoms with E-state index in [9.17, 15) is 0 Å². The quantitative estimate of drug-likeness (QED) is 0.721. The van der Waals surface area contributed by atoms with Crippen molar-refractivity contribution in [3.05, 3.63) is 18.0 Å². The Kier molecular flexibility index (Phi) is 3.19. The third kappa shape index (κ3) is 2.35. The first-order valence-corrected chi connectivity index (χ1v) is 5.54. The summed E-state index contributed by atoms with van der Waals surface area (Å²) in [5.41, 5.74) is 1.26. The van der Waals surface area contributed by atoms with Gasteiger partial charge in [-0.2, -0.15) is 5.10 Å². The lowest BCUT2D eigenvalue weighted by molar-refractivity contribution is 0.291. The van der Waals surface area contributed by atoms with E-state index in [0.29, 0.717) is 0 Å². The van der Waals surface area contributed by atoms with Gasteiger partial charge in [0.2, 0.25) is 0 Å². The van der Waals surface area contributed by atoms with Gasteiger partial charge in [-0.15, -0.1) is 0 Å². The molecule has 0 saturated heterocycles. The molecule has 1 aromatic heterocycles. The van der Waals surface area contributed by atoms with Gasteiger partial charge in [-0.3, -0.25) is 4.68 Å². The topological polar surface area (TPSA) is 29.9 Å². The molecule has 1 aliphatic carbocycles. The molecule has 0 bridgehead atoms. The van der Waals surface area contributed by atoms with Crippen molar-refractivity contribution in [2.45, 2.75) is 32.2 Å². The molecule has 0 unspecified atom stereocenters. The largest absolute Gasteiger partial charge is 0.311 e. The fraction of sp³-hybridized carbons (Fsp3) is 0.727. The van der Waals surface area contributed by atoms with E-state index in [1.54, 1.807) is 0 Å². The van der Waals surface area contributed by atoms with Crippen LogP contribution in [-0.4, -0.2) is 16.3 Å². The smallest absolute Gasteiger partial charge is 0.0518 e. The van der Waals surface area contributed by atoms with Crippen molar-refractivity contribution in [1.82, 2.24) is 15.1 Å². The maximum atomic E-state index is 4.13. The second-order valence-corrected chi connectivity index (χ2v) is 4.21. The molecule has 3 nitrogen and oxygen atoms in total. The zero-order chi connectivity index (χ0) is 9.80. The van der Waals surface area contributed by atoms with E-state index in [0.717, 1.165) is 19.0 Å². The first-order chi connectivity index (χ1) is 6.86. The maximum Gasteiger partial charge on any atom is 0.0518 e. The van der Waals surface area contributed by atoms with Gasteiger partial charge in [-0.25, -0.2) is 0 Å². The average molecular weight is 193 g/mol. The summed E-state index contributed by atoms with van der Waals surface area (Å²) >= 11 is 0. The molecule has 1 aromatic rings. The Morgan fingerprint density at radius 2 is 2.43 bits per heavy atom. The maximum absolute atomic E-state index is 4.13. The Bertz CT molecular complexity index is 276. The lowest BCUT2D eigenvalue weighted by atomic mass is 9.83. The Morgan fingerprint density at radius 3 is 3.00 bits per heavy atom. The van der Waals surface area contributed by atoms with E-state index in [4.69, 9.17) is 0 Å². The summed E-state index contributed by atoms with van der Waals surface area (Å²) < 4.78 is 1.93. The summed E-state index contributed by atoms with van der Waals surface area (Å²) in [5, 5.41) is 7.60. The highest BCUT2D eigenvalue weighted by Gasteiger charge is 2.16. The first-order valence-electron chi connectivity index (χ1n) is 5.54. The predicted molar refractivity (Wildman–Crippen MR) is 56.9 cm³/mol. The Balaban J connectivity index is 1.60. The molecule has 0 spiro atoms. The standard InChI is InChI=1S/C11H19N3/c1-14-11(6-8-13-14)9-12-7-5-10-3-2-4-10/h6,8,10,12H,2-5,7,9H2,1H3. The molecule has 2 rings (SSSR count). The van der Waals surface area contributed by atoms with Gasteiger partial charge in [0.15, 0.2) is 0 Å². The van der Waals surface area contributed by atoms with Crippen LogP contribution in [0.4, 0.5) is 0 Å². The van der Waals surface area contributed by atoms with Crippen LogP contribution in [0.25, 0.3) is 0 Å². The Labute approximate surface area is 85.5 Å². The van der Waals surface area contributed by atoms with Crippen molar-refractivity contribution >= 4 is 0 Å². The summed E-state index contributed by atoms with van der Waals surface area (Å²) in [7, 11) is 1.99. The fourth-order valence-corrected chi connectivity index (χ4v) is 1.88. The number of aromatic nitrogens is 2. The summed E-state index contributed by atoms with van der Waals surface area (Å²) in [6.07, 6.45) is 7.55. The van der Waals surface area contributed by atoms with Crippen molar-refractivity contribution in [3.8, 4) is 0 Å². The summed E-state index contributed by atoms with van der Waals surface area (Å²) in [5.74, 6) is 1.01. The predicted octanol–water partition coefficient (Wildman–Crippen LogP) is 1.70. The molecule has 3 heteroatoms. The number of nitrogens with one attached hydrogen (secondary N) is 1. The first kappa shape index (κ1) is 9.71. The highest BCUT2D eigenvalue weighted by Crippen LogP contribution is 2.28. The molecule has 1 aliphatic rings. The molecule has 0 aromatic carbocycles. The van der Waals surface area contributed by atoms with Gasteiger partial charge in [-0.1, -0.05) is 19.3 Å². The zero-order valence-corrected chi connectivity index (χ0v) is 8.87. The van der Waals surface area contributed by atoms with Crippen LogP contribution in [0.2, 0.25) is 0 Å². The number of rotatable bonds is 5. The SMILES string of the molecule is Cn1nccc1CNCCC1CCC1. The van der Waals surface area contributed by atoms with E-state index < -0.39 is 0 Å². The van der Waals surface area contributed by atoms with E-state index in [-0.39, 0.29) is 0 Å². The number of hydrogen-bond acceptors (Lipinski definition) is 2. The minimum absolute atomic E-state index is 0.948. The molecule has 1 heterocycles. The molecule has 14 heavy (non-hydrogen) atoms. The van der Waals surface area contributed by atoms with Crippen molar-refractivity contribution in [1.29, 1.82) is 0 Å². The molecule has 0 amide bonds. The molecule has 1 N–H and O–H groups in total. The number of hydrogen-bond donors (Lipinski definition) is 1. The molecule has 0 atom stereocenters. The van der Waals surface area contributed by atoms with E-state index in [1.807, 2.05) is 17.9 Å². The highest BCUT2D eigenvalue weighted by molar-refractivity contribution is 4.98. The molecular formula is C11H19N3. The van der Waals surface area contributed by atoms with Crippen LogP contribution in [0.15, 0.2) is 12.3 Å². The second-order valence-electron chi connectivity index (χ2n) is 4.21. The van der Waals surface area contributed by atoms with Crippen LogP contribution in [-0.2, 0) is 13.6 Å². The molecule has 0 aliphatic heterocycles. The third-order valence-corrected chi connectivity index (χ3v) is 3.18. The summed E-state index contributed by atoms with van der Waals surface area (Å²) in [4.78, 5) is 0. The normalized spacial score (nSPS) is 16.9. The molecule has 0 radical (unpaired) electrons. The second kappa shape index (κ2) is 4.60. The van der Waals surface area contributed by atoms with Crippen molar-refractivity contribution in [2.24, 2.45) is 13.0 Å². The van der Waals surface area contributed by atoms with Gasteiger partial charge in [0.25, 0.3) is 0 Å². The monoisotopic (exact) mass is 193 g/mol. The Morgan fingerprint density at radius 1 is 1.57 bits per heavy atom. The van der Waals surface area contributed by atoms with Crippen molar-refractivity contribution < 1.29 is 0 Å². The average Bonchev–Trinajstić information content (AvgIpc) is 2.48. The van der Waals surface area contributed by atoms with Crippen molar-refractivity contribution in [2.75, 3.05) is 6.54 Å². The van der Waals surface area contributed by atoms with Gasteiger partial charge in [0, 0.05) is 19.8 Å². The van der Waals surface area contributed by atoms with E-state index in [2.05, 4.69) is 16.5 Å². The van der Waals surface area contributed by atoms with Crippen LogP contribution in [0.5, 0.6) is 0 Å². The summed E-state index contributed by atoms with van der Waals surface area (Å²) in [6, 6.07) is 2.07. The van der Waals surface area contributed by atoms with Crippen molar-refractivity contribution in [3.63, 3.8) is 0 Å². The van der Waals surface area contributed by atoms with Gasteiger partial charge in [0.1, 0.15) is 0 Å². The third-order valence-electron chi connectivity index (χ3n) is 3.18. The molecule has 1 saturated carbocycles. The van der Waals surface area contributed by atoms with E-state index in [1.165, 1.54) is 31.4 Å². The van der Waals surface area contributed by atoms with Gasteiger partial charge < -0.3 is 5.32 Å². The van der Waals surface area contributed by atoms with Crippen LogP contribution < -0.4 is 5.32 Å². The lowest BCUT2D eigenvalue weighted by Gasteiger charge is -2.25. The zero-order valence-electron chi connectivity index (χ0n) is 8.87. The molecule has 1 fully saturated rings. The van der Waals surface area contributed by atoms with Gasteiger partial charge >= 0.3 is 0 Å². The highest BCUT2D eigenvalue weighted by atomic mass is 15.3. The molecular weight excluding hydrogens is 174 g/mol. The lowest BCUT2D eigenvalue weighted by Crippen LogP contribution is -2.22. The van der Waals surface area contributed by atoms with Crippen LogP contribution in [0, 0.1) is 5.92 Å². The van der Waals surface area contributed by atoms with Gasteiger partial charge in [0.05, 0.1) is 5.69 Å². The Hall–Kier alpha value is -0.830. The minimum Gasteiger partial charge on any atom is -0.311 e.